The summed E-state index contributed by atoms with van der Waals surface area (Å²) in [4.78, 5) is 23.7. The number of ether oxygens (including phenoxy) is 2. The van der Waals surface area contributed by atoms with Crippen LogP contribution in [0.3, 0.4) is 0 Å². The lowest BCUT2D eigenvalue weighted by atomic mass is 10.1. The molecule has 8 heteroatoms. The summed E-state index contributed by atoms with van der Waals surface area (Å²) in [6.45, 7) is -2.96. The number of carbonyl (C=O) groups excluding carboxylic acids is 2. The van der Waals surface area contributed by atoms with E-state index < -0.39 is 6.61 Å². The van der Waals surface area contributed by atoms with E-state index in [0.717, 1.165) is 5.56 Å². The molecule has 27 heavy (non-hydrogen) atoms. The number of alkyl halides is 2. The molecule has 2 N–H and O–H groups in total. The third kappa shape index (κ3) is 6.93. The maximum atomic E-state index is 12.3. The maximum Gasteiger partial charge on any atom is 0.387 e. The minimum Gasteiger partial charge on any atom is -0.493 e. The van der Waals surface area contributed by atoms with Gasteiger partial charge in [-0.2, -0.15) is 8.78 Å². The van der Waals surface area contributed by atoms with Crippen LogP contribution in [0.15, 0.2) is 48.5 Å². The van der Waals surface area contributed by atoms with Crippen LogP contribution in [0.25, 0.3) is 0 Å². The predicted molar refractivity (Wildman–Crippen MR) is 94.6 cm³/mol. The third-order valence-corrected chi connectivity index (χ3v) is 3.59. The number of nitrogens with one attached hydrogen (secondary N) is 2. The van der Waals surface area contributed by atoms with E-state index in [1.807, 2.05) is 30.3 Å². The Bertz CT molecular complexity index is 770. The summed E-state index contributed by atoms with van der Waals surface area (Å²) in [5, 5.41) is 5.17. The Kier molecular flexibility index (Phi) is 7.54. The lowest BCUT2D eigenvalue weighted by Crippen LogP contribution is -2.37. The van der Waals surface area contributed by atoms with E-state index in [9.17, 15) is 18.4 Å². The zero-order valence-corrected chi connectivity index (χ0v) is 14.7. The van der Waals surface area contributed by atoms with Crippen LogP contribution in [-0.4, -0.2) is 32.1 Å². The van der Waals surface area contributed by atoms with E-state index in [-0.39, 0.29) is 42.8 Å². The van der Waals surface area contributed by atoms with Crippen molar-refractivity contribution in [3.8, 4) is 11.5 Å². The van der Waals surface area contributed by atoms with Gasteiger partial charge in [-0.05, 0) is 23.3 Å². The van der Waals surface area contributed by atoms with Crippen LogP contribution in [0.4, 0.5) is 8.78 Å². The van der Waals surface area contributed by atoms with Crippen molar-refractivity contribution in [2.45, 2.75) is 19.6 Å². The number of amides is 2. The minimum atomic E-state index is -2.95. The minimum absolute atomic E-state index is 0.0873. The standard InChI is InChI=1S/C19H20F2N2O4/c1-26-16-9-14(7-8-15(16)27-19(20)21)11-22-18(25)12-23-17(24)10-13-5-3-2-4-6-13/h2-9,19H,10-12H2,1H3,(H,22,25)(H,23,24). The zero-order chi connectivity index (χ0) is 19.6. The molecule has 6 nitrogen and oxygen atoms in total. The first kappa shape index (κ1) is 20.2. The van der Waals surface area contributed by atoms with Crippen molar-refractivity contribution >= 4 is 11.8 Å². The summed E-state index contributed by atoms with van der Waals surface area (Å²) < 4.78 is 34.0. The lowest BCUT2D eigenvalue weighted by Gasteiger charge is -2.12. The van der Waals surface area contributed by atoms with Crippen LogP contribution >= 0.6 is 0 Å². The van der Waals surface area contributed by atoms with E-state index in [0.29, 0.717) is 5.56 Å². The molecule has 0 aliphatic rings. The van der Waals surface area contributed by atoms with Crippen molar-refractivity contribution in [1.29, 1.82) is 0 Å². The Morgan fingerprint density at radius 2 is 1.70 bits per heavy atom. The monoisotopic (exact) mass is 378 g/mol. The number of rotatable bonds is 9. The van der Waals surface area contributed by atoms with Crippen LogP contribution in [-0.2, 0) is 22.6 Å². The molecule has 0 radical (unpaired) electrons. The first-order chi connectivity index (χ1) is 13.0. The summed E-state index contributed by atoms with van der Waals surface area (Å²) in [6, 6.07) is 13.6. The number of methoxy groups -OCH3 is 1. The molecule has 0 aromatic heterocycles. The van der Waals surface area contributed by atoms with Gasteiger partial charge in [0.2, 0.25) is 11.8 Å². The number of carbonyl (C=O) groups is 2. The summed E-state index contributed by atoms with van der Waals surface area (Å²) in [5.74, 6) is -0.580. The van der Waals surface area contributed by atoms with Gasteiger partial charge < -0.3 is 20.1 Å². The van der Waals surface area contributed by atoms with Crippen LogP contribution in [0.5, 0.6) is 11.5 Å². The maximum absolute atomic E-state index is 12.3. The topological polar surface area (TPSA) is 76.7 Å². The van der Waals surface area contributed by atoms with Gasteiger partial charge in [0.1, 0.15) is 0 Å². The SMILES string of the molecule is COc1cc(CNC(=O)CNC(=O)Cc2ccccc2)ccc1OC(F)F. The molecule has 0 aliphatic heterocycles. The number of hydrogen-bond acceptors (Lipinski definition) is 4. The van der Waals surface area contributed by atoms with Gasteiger partial charge in [0.25, 0.3) is 0 Å². The lowest BCUT2D eigenvalue weighted by molar-refractivity contribution is -0.125. The molecule has 0 unspecified atom stereocenters. The highest BCUT2D eigenvalue weighted by Gasteiger charge is 2.12. The molecule has 2 aromatic carbocycles. The molecule has 0 heterocycles. The van der Waals surface area contributed by atoms with Gasteiger partial charge in [0.05, 0.1) is 20.1 Å². The van der Waals surface area contributed by atoms with Gasteiger partial charge in [-0.25, -0.2) is 0 Å². The Morgan fingerprint density at radius 1 is 0.963 bits per heavy atom. The highest BCUT2D eigenvalue weighted by molar-refractivity contribution is 5.85. The molecule has 0 atom stereocenters. The zero-order valence-electron chi connectivity index (χ0n) is 14.7. The van der Waals surface area contributed by atoms with Crippen LogP contribution in [0, 0.1) is 0 Å². The summed E-state index contributed by atoms with van der Waals surface area (Å²) in [6.07, 6.45) is 0.191. The summed E-state index contributed by atoms with van der Waals surface area (Å²) >= 11 is 0. The molecule has 2 amide bonds. The van der Waals surface area contributed by atoms with Crippen molar-refractivity contribution in [2.24, 2.45) is 0 Å². The fourth-order valence-electron chi connectivity index (χ4n) is 2.30. The summed E-state index contributed by atoms with van der Waals surface area (Å²) in [5.41, 5.74) is 1.49. The third-order valence-electron chi connectivity index (χ3n) is 3.59. The van der Waals surface area contributed by atoms with Crippen molar-refractivity contribution in [3.63, 3.8) is 0 Å². The van der Waals surface area contributed by atoms with E-state index in [4.69, 9.17) is 4.74 Å². The molecule has 0 bridgehead atoms. The van der Waals surface area contributed by atoms with E-state index in [1.165, 1.54) is 25.3 Å². The van der Waals surface area contributed by atoms with Crippen molar-refractivity contribution in [2.75, 3.05) is 13.7 Å². The van der Waals surface area contributed by atoms with Gasteiger partial charge in [-0.1, -0.05) is 36.4 Å². The molecule has 2 aromatic rings. The Hall–Kier alpha value is -3.16. The van der Waals surface area contributed by atoms with Crippen molar-refractivity contribution < 1.29 is 27.8 Å². The largest absolute Gasteiger partial charge is 0.493 e. The summed E-state index contributed by atoms with van der Waals surface area (Å²) in [7, 11) is 1.33. The normalized spacial score (nSPS) is 10.4. The molecule has 2 rings (SSSR count). The van der Waals surface area contributed by atoms with Crippen molar-refractivity contribution in [1.82, 2.24) is 10.6 Å². The first-order valence-corrected chi connectivity index (χ1v) is 8.17. The quantitative estimate of drug-likeness (QED) is 0.702. The van der Waals surface area contributed by atoms with E-state index >= 15 is 0 Å². The molecule has 144 valence electrons. The Balaban J connectivity index is 1.78. The smallest absolute Gasteiger partial charge is 0.387 e. The number of benzene rings is 2. The fraction of sp³-hybridized carbons (Fsp3) is 0.263. The van der Waals surface area contributed by atoms with E-state index in [1.54, 1.807) is 0 Å². The second-order valence-electron chi connectivity index (χ2n) is 5.58. The molecule has 0 aliphatic carbocycles. The average molecular weight is 378 g/mol. The molecular formula is C19H20F2N2O4. The van der Waals surface area contributed by atoms with Gasteiger partial charge in [-0.3, -0.25) is 9.59 Å². The molecule has 0 saturated carbocycles. The van der Waals surface area contributed by atoms with Gasteiger partial charge in [0, 0.05) is 6.54 Å². The van der Waals surface area contributed by atoms with Gasteiger partial charge in [-0.15, -0.1) is 0 Å². The molecule has 0 saturated heterocycles. The second-order valence-corrected chi connectivity index (χ2v) is 5.58. The van der Waals surface area contributed by atoms with Crippen molar-refractivity contribution in [3.05, 3.63) is 59.7 Å². The number of hydrogen-bond donors (Lipinski definition) is 2. The highest BCUT2D eigenvalue weighted by atomic mass is 19.3. The second kappa shape index (κ2) is 10.1. The highest BCUT2D eigenvalue weighted by Crippen LogP contribution is 2.29. The van der Waals surface area contributed by atoms with Gasteiger partial charge in [0.15, 0.2) is 11.5 Å². The fourth-order valence-corrected chi connectivity index (χ4v) is 2.30. The number of halogens is 2. The average Bonchev–Trinajstić information content (AvgIpc) is 2.66. The first-order valence-electron chi connectivity index (χ1n) is 8.17. The van der Waals surface area contributed by atoms with Crippen LogP contribution in [0.1, 0.15) is 11.1 Å². The van der Waals surface area contributed by atoms with Crippen LogP contribution < -0.4 is 20.1 Å². The van der Waals surface area contributed by atoms with E-state index in [2.05, 4.69) is 15.4 Å². The molecule has 0 fully saturated rings. The van der Waals surface area contributed by atoms with Crippen LogP contribution in [0.2, 0.25) is 0 Å². The Morgan fingerprint density at radius 3 is 2.37 bits per heavy atom. The molecular weight excluding hydrogens is 358 g/mol. The van der Waals surface area contributed by atoms with Gasteiger partial charge >= 0.3 is 6.61 Å². The Labute approximate surface area is 155 Å². The predicted octanol–water partition coefficient (Wildman–Crippen LogP) is 2.27. The molecule has 0 spiro atoms.